The molecule has 0 aliphatic heterocycles. The first-order chi connectivity index (χ1) is 13.1. The third-order valence-corrected chi connectivity index (χ3v) is 6.10. The Hall–Kier alpha value is -2.94. The fourth-order valence-electron chi connectivity index (χ4n) is 2.43. The molecule has 150 valence electrons. The summed E-state index contributed by atoms with van der Waals surface area (Å²) >= 11 is 0. The van der Waals surface area contributed by atoms with Crippen molar-refractivity contribution in [3.05, 3.63) is 64.7 Å². The number of carbonyl (C=O) groups is 1. The number of nitro benzene ring substituents is 1. The van der Waals surface area contributed by atoms with Crippen LogP contribution in [0.1, 0.15) is 27.2 Å². The summed E-state index contributed by atoms with van der Waals surface area (Å²) < 4.78 is 27.2. The SMILES string of the molecule is CCC(C)(C)NC(=O)CN(c1cccc([N+](=O)[O-])c1)S(=O)(=O)c1ccccc1. The van der Waals surface area contributed by atoms with Gasteiger partial charge in [0.2, 0.25) is 5.91 Å². The maximum Gasteiger partial charge on any atom is 0.271 e. The number of rotatable bonds is 8. The number of anilines is 1. The van der Waals surface area contributed by atoms with Crippen LogP contribution in [0.25, 0.3) is 0 Å². The molecule has 0 saturated carbocycles. The van der Waals surface area contributed by atoms with Crippen LogP contribution in [-0.4, -0.2) is 31.3 Å². The molecule has 0 atom stereocenters. The van der Waals surface area contributed by atoms with Crippen LogP contribution in [0.15, 0.2) is 59.5 Å². The van der Waals surface area contributed by atoms with Crippen molar-refractivity contribution in [1.82, 2.24) is 5.32 Å². The molecule has 0 spiro atoms. The highest BCUT2D eigenvalue weighted by molar-refractivity contribution is 7.92. The number of benzene rings is 2. The summed E-state index contributed by atoms with van der Waals surface area (Å²) in [7, 11) is -4.10. The molecular weight excluding hydrogens is 382 g/mol. The third kappa shape index (κ3) is 5.07. The number of hydrogen-bond donors (Lipinski definition) is 1. The van der Waals surface area contributed by atoms with E-state index in [1.165, 1.54) is 30.3 Å². The van der Waals surface area contributed by atoms with E-state index in [4.69, 9.17) is 0 Å². The second-order valence-corrected chi connectivity index (χ2v) is 8.75. The number of hydrogen-bond acceptors (Lipinski definition) is 5. The fourth-order valence-corrected chi connectivity index (χ4v) is 3.87. The smallest absolute Gasteiger partial charge is 0.271 e. The monoisotopic (exact) mass is 405 g/mol. The van der Waals surface area contributed by atoms with E-state index in [1.807, 2.05) is 20.8 Å². The minimum atomic E-state index is -4.10. The maximum atomic E-state index is 13.2. The summed E-state index contributed by atoms with van der Waals surface area (Å²) in [6.45, 7) is 5.06. The van der Waals surface area contributed by atoms with E-state index in [9.17, 15) is 23.3 Å². The predicted octanol–water partition coefficient (Wildman–Crippen LogP) is 3.09. The molecule has 0 aromatic heterocycles. The summed E-state index contributed by atoms with van der Waals surface area (Å²) in [4.78, 5) is 23.0. The summed E-state index contributed by atoms with van der Waals surface area (Å²) in [5.41, 5.74) is -0.732. The van der Waals surface area contributed by atoms with Gasteiger partial charge in [-0.3, -0.25) is 19.2 Å². The fraction of sp³-hybridized carbons (Fsp3) is 0.316. The van der Waals surface area contributed by atoms with E-state index in [2.05, 4.69) is 5.32 Å². The van der Waals surface area contributed by atoms with Crippen molar-refractivity contribution in [1.29, 1.82) is 0 Å². The standard InChI is InChI=1S/C19H23N3O5S/c1-4-19(2,3)20-18(23)14-21(15-9-8-10-16(13-15)22(24)25)28(26,27)17-11-6-5-7-12-17/h5-13H,4,14H2,1-3H3,(H,20,23). The zero-order chi connectivity index (χ0) is 20.9. The van der Waals surface area contributed by atoms with Gasteiger partial charge in [-0.1, -0.05) is 31.2 Å². The number of sulfonamides is 1. The third-order valence-electron chi connectivity index (χ3n) is 4.31. The summed E-state index contributed by atoms with van der Waals surface area (Å²) in [6, 6.07) is 12.8. The average molecular weight is 405 g/mol. The number of nitro groups is 1. The second-order valence-electron chi connectivity index (χ2n) is 6.89. The van der Waals surface area contributed by atoms with Crippen LogP contribution in [0.3, 0.4) is 0 Å². The van der Waals surface area contributed by atoms with E-state index in [0.29, 0.717) is 6.42 Å². The van der Waals surface area contributed by atoms with Gasteiger partial charge in [0.15, 0.2) is 0 Å². The molecule has 0 fully saturated rings. The molecule has 2 aromatic carbocycles. The lowest BCUT2D eigenvalue weighted by molar-refractivity contribution is -0.384. The van der Waals surface area contributed by atoms with E-state index in [1.54, 1.807) is 18.2 Å². The molecule has 1 N–H and O–H groups in total. The molecule has 0 unspecified atom stereocenters. The van der Waals surface area contributed by atoms with E-state index in [0.717, 1.165) is 10.4 Å². The molecule has 0 aliphatic carbocycles. The Labute approximate surface area is 164 Å². The van der Waals surface area contributed by atoms with Gasteiger partial charge in [-0.05, 0) is 38.5 Å². The van der Waals surface area contributed by atoms with Gasteiger partial charge in [0.25, 0.3) is 15.7 Å². The molecule has 0 radical (unpaired) electrons. The Morgan fingerprint density at radius 2 is 1.79 bits per heavy atom. The topological polar surface area (TPSA) is 110 Å². The van der Waals surface area contributed by atoms with Gasteiger partial charge in [-0.15, -0.1) is 0 Å². The lowest BCUT2D eigenvalue weighted by Gasteiger charge is -2.28. The molecule has 0 aliphatic rings. The molecule has 9 heteroatoms. The molecule has 0 heterocycles. The molecule has 0 bridgehead atoms. The van der Waals surface area contributed by atoms with Crippen molar-refractivity contribution in [3.63, 3.8) is 0 Å². The number of nitrogens with zero attached hydrogens (tertiary/aromatic N) is 2. The molecule has 1 amide bonds. The Kier molecular flexibility index (Phi) is 6.40. The zero-order valence-corrected chi connectivity index (χ0v) is 16.8. The van der Waals surface area contributed by atoms with E-state index >= 15 is 0 Å². The predicted molar refractivity (Wildman–Crippen MR) is 107 cm³/mol. The van der Waals surface area contributed by atoms with Gasteiger partial charge in [-0.2, -0.15) is 0 Å². The molecule has 28 heavy (non-hydrogen) atoms. The van der Waals surface area contributed by atoms with Gasteiger partial charge in [0, 0.05) is 17.7 Å². The number of nitrogens with one attached hydrogen (secondary N) is 1. The Balaban J connectivity index is 2.49. The second kappa shape index (κ2) is 8.39. The molecule has 2 rings (SSSR count). The highest BCUT2D eigenvalue weighted by atomic mass is 32.2. The van der Waals surface area contributed by atoms with Gasteiger partial charge in [-0.25, -0.2) is 8.42 Å². The van der Waals surface area contributed by atoms with Crippen LogP contribution in [-0.2, 0) is 14.8 Å². The maximum absolute atomic E-state index is 13.2. The van der Waals surface area contributed by atoms with Gasteiger partial charge in [0.1, 0.15) is 6.54 Å². The molecule has 8 nitrogen and oxygen atoms in total. The van der Waals surface area contributed by atoms with Crippen molar-refractivity contribution < 1.29 is 18.1 Å². The minimum Gasteiger partial charge on any atom is -0.350 e. The lowest BCUT2D eigenvalue weighted by atomic mass is 10.0. The van der Waals surface area contributed by atoms with Crippen LogP contribution < -0.4 is 9.62 Å². The first kappa shape index (κ1) is 21.4. The van der Waals surface area contributed by atoms with Crippen molar-refractivity contribution >= 4 is 27.3 Å². The highest BCUT2D eigenvalue weighted by Gasteiger charge is 2.29. The van der Waals surface area contributed by atoms with E-state index < -0.39 is 32.9 Å². The first-order valence-electron chi connectivity index (χ1n) is 8.70. The minimum absolute atomic E-state index is 0.0101. The lowest BCUT2D eigenvalue weighted by Crippen LogP contribution is -2.48. The quantitative estimate of drug-likeness (QED) is 0.536. The normalized spacial score (nSPS) is 11.7. The van der Waals surface area contributed by atoms with Crippen LogP contribution >= 0.6 is 0 Å². The number of amides is 1. The largest absolute Gasteiger partial charge is 0.350 e. The summed E-state index contributed by atoms with van der Waals surface area (Å²) in [5, 5.41) is 13.9. The summed E-state index contributed by atoms with van der Waals surface area (Å²) in [5.74, 6) is -0.502. The Bertz CT molecular complexity index is 959. The van der Waals surface area contributed by atoms with Crippen molar-refractivity contribution in [3.8, 4) is 0 Å². The van der Waals surface area contributed by atoms with Gasteiger partial charge < -0.3 is 5.32 Å². The van der Waals surface area contributed by atoms with E-state index in [-0.39, 0.29) is 16.3 Å². The molecule has 2 aromatic rings. The highest BCUT2D eigenvalue weighted by Crippen LogP contribution is 2.27. The number of non-ortho nitro benzene ring substituents is 1. The Morgan fingerprint density at radius 1 is 1.14 bits per heavy atom. The molecule has 0 saturated heterocycles. The number of carbonyl (C=O) groups excluding carboxylic acids is 1. The van der Waals surface area contributed by atoms with Crippen LogP contribution in [0.2, 0.25) is 0 Å². The van der Waals surface area contributed by atoms with Crippen molar-refractivity contribution in [2.45, 2.75) is 37.6 Å². The van der Waals surface area contributed by atoms with Crippen molar-refractivity contribution in [2.24, 2.45) is 0 Å². The van der Waals surface area contributed by atoms with Crippen molar-refractivity contribution in [2.75, 3.05) is 10.8 Å². The Morgan fingerprint density at radius 3 is 2.36 bits per heavy atom. The van der Waals surface area contributed by atoms with Crippen LogP contribution in [0, 0.1) is 10.1 Å². The molecular formula is C19H23N3O5S. The van der Waals surface area contributed by atoms with Gasteiger partial charge in [0.05, 0.1) is 15.5 Å². The average Bonchev–Trinajstić information content (AvgIpc) is 2.66. The first-order valence-corrected chi connectivity index (χ1v) is 10.1. The zero-order valence-electron chi connectivity index (χ0n) is 16.0. The summed E-state index contributed by atoms with van der Waals surface area (Å²) in [6.07, 6.45) is 0.654. The van der Waals surface area contributed by atoms with Gasteiger partial charge >= 0.3 is 0 Å². The van der Waals surface area contributed by atoms with Crippen LogP contribution in [0.4, 0.5) is 11.4 Å². The van der Waals surface area contributed by atoms with Crippen LogP contribution in [0.5, 0.6) is 0 Å².